The zero-order valence-corrected chi connectivity index (χ0v) is 17.0. The minimum Gasteiger partial charge on any atom is -0.330 e. The third-order valence-corrected chi connectivity index (χ3v) is 4.29. The molecule has 2 nitrogen and oxygen atoms in total. The van der Waals surface area contributed by atoms with Gasteiger partial charge < -0.3 is 10.6 Å². The summed E-state index contributed by atoms with van der Waals surface area (Å²) in [5.74, 6) is 0. The molecule has 0 aliphatic heterocycles. The van der Waals surface area contributed by atoms with Gasteiger partial charge in [-0.1, -0.05) is 85.5 Å². The van der Waals surface area contributed by atoms with Crippen LogP contribution < -0.4 is 5.73 Å². The van der Waals surface area contributed by atoms with Crippen LogP contribution in [0.15, 0.2) is 0 Å². The molecule has 0 rings (SSSR count). The molecule has 0 aromatic rings. The molecule has 0 spiro atoms. The zero-order valence-electron chi connectivity index (χ0n) is 17.0. The van der Waals surface area contributed by atoms with Crippen molar-refractivity contribution in [3.05, 3.63) is 0 Å². The van der Waals surface area contributed by atoms with Crippen molar-refractivity contribution >= 4 is 0 Å². The van der Waals surface area contributed by atoms with E-state index < -0.39 is 0 Å². The summed E-state index contributed by atoms with van der Waals surface area (Å²) in [6, 6.07) is 0. The first kappa shape index (κ1) is 25.2. The van der Waals surface area contributed by atoms with Gasteiger partial charge in [0.2, 0.25) is 0 Å². The molecule has 0 amide bonds. The van der Waals surface area contributed by atoms with Crippen molar-refractivity contribution in [2.75, 3.05) is 26.2 Å². The lowest BCUT2D eigenvalue weighted by Gasteiger charge is -2.22. The predicted molar refractivity (Wildman–Crippen MR) is 108 cm³/mol. The molecule has 2 heteroatoms. The second-order valence-electron chi connectivity index (χ2n) is 6.81. The number of hydrogen-bond donors (Lipinski definition) is 1. The molecule has 0 saturated heterocycles. The van der Waals surface area contributed by atoms with Gasteiger partial charge in [0.15, 0.2) is 0 Å². The molecule has 0 unspecified atom stereocenters. The van der Waals surface area contributed by atoms with Gasteiger partial charge in [0.05, 0.1) is 0 Å². The summed E-state index contributed by atoms with van der Waals surface area (Å²) in [6.07, 6.45) is 17.6. The molecule has 0 aliphatic rings. The van der Waals surface area contributed by atoms with E-state index in [1.807, 2.05) is 0 Å². The highest BCUT2D eigenvalue weighted by molar-refractivity contribution is 4.58. The van der Waals surface area contributed by atoms with Crippen molar-refractivity contribution in [3.8, 4) is 0 Å². The van der Waals surface area contributed by atoms with Gasteiger partial charge >= 0.3 is 0 Å². The van der Waals surface area contributed by atoms with Crippen LogP contribution in [0.5, 0.6) is 0 Å². The summed E-state index contributed by atoms with van der Waals surface area (Å²) in [7, 11) is 0. The third kappa shape index (κ3) is 24.3. The standard InChI is InChI=1S/C15H33N.C6H15N/c1-4-7-10-13-16(14-11-8-5-2)15-12-9-6-3;1-2-3-4-5-6-7/h4-15H2,1-3H3;2-7H2,1H3. The Morgan fingerprint density at radius 2 is 0.826 bits per heavy atom. The first-order valence-electron chi connectivity index (χ1n) is 10.7. The topological polar surface area (TPSA) is 29.3 Å². The van der Waals surface area contributed by atoms with Crippen molar-refractivity contribution in [3.63, 3.8) is 0 Å². The van der Waals surface area contributed by atoms with Crippen LogP contribution in [-0.2, 0) is 0 Å². The second kappa shape index (κ2) is 24.2. The maximum absolute atomic E-state index is 5.27. The number of nitrogens with zero attached hydrogens (tertiary/aromatic N) is 1. The van der Waals surface area contributed by atoms with Gasteiger partial charge in [0.25, 0.3) is 0 Å². The molecule has 2 N–H and O–H groups in total. The van der Waals surface area contributed by atoms with E-state index in [9.17, 15) is 0 Å². The average Bonchev–Trinajstić information content (AvgIpc) is 2.56. The highest BCUT2D eigenvalue weighted by Gasteiger charge is 2.03. The van der Waals surface area contributed by atoms with Gasteiger partial charge in [-0.3, -0.25) is 0 Å². The second-order valence-corrected chi connectivity index (χ2v) is 6.81. The van der Waals surface area contributed by atoms with Gasteiger partial charge in [-0.2, -0.15) is 0 Å². The van der Waals surface area contributed by atoms with Crippen molar-refractivity contribution in [1.82, 2.24) is 4.90 Å². The lowest BCUT2D eigenvalue weighted by Crippen LogP contribution is -2.27. The molecule has 0 aliphatic carbocycles. The van der Waals surface area contributed by atoms with E-state index in [4.69, 9.17) is 5.73 Å². The maximum Gasteiger partial charge on any atom is -0.00187 e. The molecule has 0 bridgehead atoms. The van der Waals surface area contributed by atoms with Crippen LogP contribution in [0, 0.1) is 0 Å². The third-order valence-electron chi connectivity index (χ3n) is 4.29. The SMILES string of the molecule is CCCCCCN.CCCCCN(CCCCC)CCCCC. The monoisotopic (exact) mass is 328 g/mol. The van der Waals surface area contributed by atoms with E-state index in [2.05, 4.69) is 32.6 Å². The van der Waals surface area contributed by atoms with Gasteiger partial charge in [-0.15, -0.1) is 0 Å². The zero-order chi connectivity index (χ0) is 17.6. The number of hydrogen-bond acceptors (Lipinski definition) is 2. The Morgan fingerprint density at radius 1 is 0.478 bits per heavy atom. The Bertz CT molecular complexity index is 155. The molecule has 0 saturated carbocycles. The summed E-state index contributed by atoms with van der Waals surface area (Å²) < 4.78 is 0. The Kier molecular flexibility index (Phi) is 26.5. The van der Waals surface area contributed by atoms with E-state index in [0.29, 0.717) is 0 Å². The lowest BCUT2D eigenvalue weighted by atomic mass is 10.2. The minimum atomic E-state index is 0.861. The highest BCUT2D eigenvalue weighted by atomic mass is 15.1. The van der Waals surface area contributed by atoms with E-state index in [0.717, 1.165) is 6.54 Å². The van der Waals surface area contributed by atoms with Crippen LogP contribution in [0.2, 0.25) is 0 Å². The lowest BCUT2D eigenvalue weighted by molar-refractivity contribution is 0.256. The fraction of sp³-hybridized carbons (Fsp3) is 1.00. The maximum atomic E-state index is 5.27. The van der Waals surface area contributed by atoms with Crippen molar-refractivity contribution < 1.29 is 0 Å². The summed E-state index contributed by atoms with van der Waals surface area (Å²) in [5, 5.41) is 0. The molecule has 0 heterocycles. The van der Waals surface area contributed by atoms with Crippen LogP contribution in [0.3, 0.4) is 0 Å². The first-order valence-corrected chi connectivity index (χ1v) is 10.7. The fourth-order valence-corrected chi connectivity index (χ4v) is 2.66. The molecule has 0 atom stereocenters. The van der Waals surface area contributed by atoms with Crippen LogP contribution in [0.25, 0.3) is 0 Å². The molecular formula is C21H48N2. The molecule has 0 radical (unpaired) electrons. The van der Waals surface area contributed by atoms with Gasteiger partial charge in [0, 0.05) is 0 Å². The molecule has 0 aromatic carbocycles. The molecule has 0 fully saturated rings. The molecular weight excluding hydrogens is 280 g/mol. The average molecular weight is 329 g/mol. The van der Waals surface area contributed by atoms with Crippen molar-refractivity contribution in [2.24, 2.45) is 5.73 Å². The number of nitrogens with two attached hydrogens (primary N) is 1. The Balaban J connectivity index is 0. The van der Waals surface area contributed by atoms with Gasteiger partial charge in [-0.25, -0.2) is 0 Å². The summed E-state index contributed by atoms with van der Waals surface area (Å²) in [6.45, 7) is 13.9. The van der Waals surface area contributed by atoms with Crippen molar-refractivity contribution in [2.45, 2.75) is 111 Å². The smallest absolute Gasteiger partial charge is 0.00187 e. The van der Waals surface area contributed by atoms with E-state index in [-0.39, 0.29) is 0 Å². The predicted octanol–water partition coefficient (Wildman–Crippen LogP) is 6.38. The van der Waals surface area contributed by atoms with E-state index in [1.165, 1.54) is 103 Å². The highest BCUT2D eigenvalue weighted by Crippen LogP contribution is 2.05. The quantitative estimate of drug-likeness (QED) is 0.333. The molecule has 23 heavy (non-hydrogen) atoms. The first-order chi connectivity index (χ1) is 11.3. The van der Waals surface area contributed by atoms with Crippen LogP contribution >= 0.6 is 0 Å². The summed E-state index contributed by atoms with van der Waals surface area (Å²) in [4.78, 5) is 2.70. The Morgan fingerprint density at radius 3 is 1.13 bits per heavy atom. The van der Waals surface area contributed by atoms with Gasteiger partial charge in [0.1, 0.15) is 0 Å². The van der Waals surface area contributed by atoms with Gasteiger partial charge in [-0.05, 0) is 51.9 Å². The number of unbranched alkanes of at least 4 members (excludes halogenated alkanes) is 9. The summed E-state index contributed by atoms with van der Waals surface area (Å²) in [5.41, 5.74) is 5.27. The normalized spacial score (nSPS) is 10.7. The fourth-order valence-electron chi connectivity index (χ4n) is 2.66. The van der Waals surface area contributed by atoms with Crippen LogP contribution in [-0.4, -0.2) is 31.1 Å². The van der Waals surface area contributed by atoms with E-state index >= 15 is 0 Å². The largest absolute Gasteiger partial charge is 0.330 e. The van der Waals surface area contributed by atoms with E-state index in [1.54, 1.807) is 0 Å². The molecule has 0 aromatic heterocycles. The van der Waals surface area contributed by atoms with Crippen molar-refractivity contribution in [1.29, 1.82) is 0 Å². The Hall–Kier alpha value is -0.0800. The van der Waals surface area contributed by atoms with Crippen LogP contribution in [0.4, 0.5) is 0 Å². The summed E-state index contributed by atoms with van der Waals surface area (Å²) >= 11 is 0. The molecule has 142 valence electrons. The number of rotatable bonds is 16. The van der Waals surface area contributed by atoms with Crippen LogP contribution in [0.1, 0.15) is 111 Å². The Labute approximate surface area is 148 Å². The minimum absolute atomic E-state index is 0.861.